The zero-order chi connectivity index (χ0) is 15.9. The molecule has 0 saturated heterocycles. The Balaban J connectivity index is 1.84. The minimum Gasteiger partial charge on any atom is -0.337 e. The number of pyridine rings is 1. The van der Waals surface area contributed by atoms with E-state index >= 15 is 0 Å². The third-order valence-electron chi connectivity index (χ3n) is 5.47. The molecule has 0 unspecified atom stereocenters. The SMILES string of the molecule is [B]c1cnc2c(c1)CN(C(=O)[C@@]1(C(C)C)CC[C@@H](N)C1)CC2. The van der Waals surface area contributed by atoms with Crippen molar-refractivity contribution >= 4 is 19.2 Å². The second-order valence-corrected chi connectivity index (χ2v) is 7.16. The molecule has 1 amide bonds. The number of aromatic nitrogens is 1. The third-order valence-corrected chi connectivity index (χ3v) is 5.47. The number of carbonyl (C=O) groups is 1. The molecule has 22 heavy (non-hydrogen) atoms. The summed E-state index contributed by atoms with van der Waals surface area (Å²) in [6.45, 7) is 5.66. The van der Waals surface area contributed by atoms with Crippen molar-refractivity contribution in [3.8, 4) is 0 Å². The minimum absolute atomic E-state index is 0.153. The monoisotopic (exact) mass is 297 g/mol. The summed E-state index contributed by atoms with van der Waals surface area (Å²) in [6, 6.07) is 2.10. The van der Waals surface area contributed by atoms with Crippen molar-refractivity contribution in [2.75, 3.05) is 6.54 Å². The summed E-state index contributed by atoms with van der Waals surface area (Å²) in [5.74, 6) is 0.581. The van der Waals surface area contributed by atoms with Gasteiger partial charge in [-0.1, -0.05) is 25.4 Å². The van der Waals surface area contributed by atoms with Crippen molar-refractivity contribution in [3.05, 3.63) is 23.5 Å². The molecule has 1 aromatic rings. The Morgan fingerprint density at radius 1 is 1.55 bits per heavy atom. The lowest BCUT2D eigenvalue weighted by Crippen LogP contribution is -2.48. The van der Waals surface area contributed by atoms with Gasteiger partial charge in [-0.2, -0.15) is 0 Å². The molecule has 1 aliphatic carbocycles. The topological polar surface area (TPSA) is 59.2 Å². The van der Waals surface area contributed by atoms with Gasteiger partial charge in [-0.25, -0.2) is 0 Å². The van der Waals surface area contributed by atoms with Crippen molar-refractivity contribution < 1.29 is 4.79 Å². The number of carbonyl (C=O) groups excluding carboxylic acids is 1. The summed E-state index contributed by atoms with van der Waals surface area (Å²) < 4.78 is 0. The fourth-order valence-corrected chi connectivity index (χ4v) is 4.01. The third kappa shape index (κ3) is 2.56. The van der Waals surface area contributed by atoms with E-state index in [1.165, 1.54) is 0 Å². The van der Waals surface area contributed by atoms with Crippen LogP contribution in [0.4, 0.5) is 0 Å². The van der Waals surface area contributed by atoms with Gasteiger partial charge in [0.1, 0.15) is 7.85 Å². The molecule has 2 radical (unpaired) electrons. The normalized spacial score (nSPS) is 28.0. The van der Waals surface area contributed by atoms with Crippen molar-refractivity contribution in [1.29, 1.82) is 0 Å². The predicted molar refractivity (Wildman–Crippen MR) is 87.8 cm³/mol. The molecule has 2 heterocycles. The molecule has 0 aromatic carbocycles. The van der Waals surface area contributed by atoms with Crippen LogP contribution >= 0.6 is 0 Å². The maximum Gasteiger partial charge on any atom is 0.229 e. The second-order valence-electron chi connectivity index (χ2n) is 7.16. The smallest absolute Gasteiger partial charge is 0.229 e. The Kier molecular flexibility index (Phi) is 4.02. The number of nitrogens with two attached hydrogens (primary N) is 1. The van der Waals surface area contributed by atoms with E-state index in [0.29, 0.717) is 17.9 Å². The Hall–Kier alpha value is -1.36. The molecule has 4 nitrogen and oxygen atoms in total. The fourth-order valence-electron chi connectivity index (χ4n) is 4.01. The van der Waals surface area contributed by atoms with Crippen LogP contribution in [0.15, 0.2) is 12.3 Å². The van der Waals surface area contributed by atoms with Crippen molar-refractivity contribution in [2.24, 2.45) is 17.1 Å². The van der Waals surface area contributed by atoms with Crippen LogP contribution in [0, 0.1) is 11.3 Å². The van der Waals surface area contributed by atoms with Crippen molar-refractivity contribution in [1.82, 2.24) is 9.88 Å². The first-order chi connectivity index (χ1) is 10.4. The van der Waals surface area contributed by atoms with Gasteiger partial charge in [0, 0.05) is 37.4 Å². The lowest BCUT2D eigenvalue weighted by molar-refractivity contribution is -0.145. The second kappa shape index (κ2) is 5.69. The zero-order valence-electron chi connectivity index (χ0n) is 13.5. The van der Waals surface area contributed by atoms with Gasteiger partial charge < -0.3 is 10.6 Å². The first-order valence-corrected chi connectivity index (χ1v) is 8.20. The molecular weight excluding hydrogens is 273 g/mol. The van der Waals surface area contributed by atoms with Gasteiger partial charge in [0.25, 0.3) is 0 Å². The van der Waals surface area contributed by atoms with Crippen LogP contribution in [0.3, 0.4) is 0 Å². The van der Waals surface area contributed by atoms with E-state index in [0.717, 1.165) is 43.5 Å². The molecule has 2 atom stereocenters. The molecule has 1 aromatic heterocycles. The molecule has 2 aliphatic rings. The van der Waals surface area contributed by atoms with E-state index in [1.807, 2.05) is 11.0 Å². The quantitative estimate of drug-likeness (QED) is 0.826. The number of hydrogen-bond acceptors (Lipinski definition) is 3. The number of nitrogens with zero attached hydrogens (tertiary/aromatic N) is 2. The van der Waals surface area contributed by atoms with Crippen LogP contribution in [0.1, 0.15) is 44.4 Å². The van der Waals surface area contributed by atoms with Gasteiger partial charge in [-0.3, -0.25) is 9.78 Å². The van der Waals surface area contributed by atoms with Crippen LogP contribution in [0.5, 0.6) is 0 Å². The average molecular weight is 297 g/mol. The average Bonchev–Trinajstić information content (AvgIpc) is 2.89. The van der Waals surface area contributed by atoms with E-state index in [2.05, 4.69) is 18.8 Å². The number of hydrogen-bond donors (Lipinski definition) is 1. The van der Waals surface area contributed by atoms with Crippen LogP contribution in [0.2, 0.25) is 0 Å². The first kappa shape index (κ1) is 15.5. The summed E-state index contributed by atoms with van der Waals surface area (Å²) in [4.78, 5) is 19.6. The molecule has 1 aliphatic heterocycles. The number of fused-ring (bicyclic) bond motifs is 1. The zero-order valence-corrected chi connectivity index (χ0v) is 13.5. The van der Waals surface area contributed by atoms with E-state index in [9.17, 15) is 4.79 Å². The highest BCUT2D eigenvalue weighted by Crippen LogP contribution is 2.45. The lowest BCUT2D eigenvalue weighted by Gasteiger charge is -2.39. The van der Waals surface area contributed by atoms with Gasteiger partial charge in [-0.05, 0) is 30.7 Å². The standard InChI is InChI=1S/C17H24BN3O/c1-11(2)17(5-3-14(19)8-17)16(22)21-6-4-15-12(10-21)7-13(18)9-20-15/h7,9,11,14H,3-6,8,10,19H2,1-2H3/t14-,17+/m1/s1. The summed E-state index contributed by atoms with van der Waals surface area (Å²) in [6.07, 6.45) is 5.16. The molecule has 5 heteroatoms. The highest BCUT2D eigenvalue weighted by Gasteiger charge is 2.48. The van der Waals surface area contributed by atoms with E-state index in [-0.39, 0.29) is 17.4 Å². The van der Waals surface area contributed by atoms with Gasteiger partial charge in [0.15, 0.2) is 0 Å². The number of rotatable bonds is 2. The predicted octanol–water partition coefficient (Wildman–Crippen LogP) is 0.914. The molecule has 3 rings (SSSR count). The van der Waals surface area contributed by atoms with E-state index < -0.39 is 0 Å². The molecule has 0 bridgehead atoms. The van der Waals surface area contributed by atoms with Gasteiger partial charge >= 0.3 is 0 Å². The first-order valence-electron chi connectivity index (χ1n) is 8.20. The van der Waals surface area contributed by atoms with E-state index in [1.54, 1.807) is 6.20 Å². The summed E-state index contributed by atoms with van der Waals surface area (Å²) in [7, 11) is 5.84. The fraction of sp³-hybridized carbons (Fsp3) is 0.647. The Labute approximate surface area is 133 Å². The van der Waals surface area contributed by atoms with Crippen LogP contribution < -0.4 is 11.2 Å². The van der Waals surface area contributed by atoms with Crippen LogP contribution in [-0.4, -0.2) is 36.2 Å². The summed E-state index contributed by atoms with van der Waals surface area (Å²) in [5.41, 5.74) is 8.64. The van der Waals surface area contributed by atoms with E-state index in [4.69, 9.17) is 13.6 Å². The van der Waals surface area contributed by atoms with Crippen LogP contribution in [0.25, 0.3) is 0 Å². The molecule has 1 saturated carbocycles. The van der Waals surface area contributed by atoms with Gasteiger partial charge in [0.2, 0.25) is 5.91 Å². The van der Waals surface area contributed by atoms with Gasteiger partial charge in [0.05, 0.1) is 5.41 Å². The van der Waals surface area contributed by atoms with Crippen LogP contribution in [-0.2, 0) is 17.8 Å². The minimum atomic E-state index is -0.287. The van der Waals surface area contributed by atoms with Crippen molar-refractivity contribution in [2.45, 2.75) is 52.1 Å². The largest absolute Gasteiger partial charge is 0.337 e. The molecule has 0 spiro atoms. The van der Waals surface area contributed by atoms with Gasteiger partial charge in [-0.15, -0.1) is 0 Å². The Morgan fingerprint density at radius 3 is 2.95 bits per heavy atom. The summed E-state index contributed by atoms with van der Waals surface area (Å²) >= 11 is 0. The highest BCUT2D eigenvalue weighted by atomic mass is 16.2. The van der Waals surface area contributed by atoms with Crippen molar-refractivity contribution in [3.63, 3.8) is 0 Å². The molecule has 116 valence electrons. The number of amides is 1. The Bertz CT molecular complexity index is 589. The summed E-state index contributed by atoms with van der Waals surface area (Å²) in [5, 5.41) is 0. The highest BCUT2D eigenvalue weighted by molar-refractivity contribution is 6.32. The lowest BCUT2D eigenvalue weighted by atomic mass is 9.74. The molecule has 2 N–H and O–H groups in total. The Morgan fingerprint density at radius 2 is 2.32 bits per heavy atom. The maximum atomic E-state index is 13.2. The molecular formula is C17H24BN3O. The molecule has 1 fully saturated rings. The maximum absolute atomic E-state index is 13.2.